The molecule has 0 saturated carbocycles. The summed E-state index contributed by atoms with van der Waals surface area (Å²) in [5.74, 6) is 2.42. The predicted octanol–water partition coefficient (Wildman–Crippen LogP) is 2.23. The standard InChI is InChI=1S/C21H25N3O4/c1-26-18-5-3-17(4-6-18)23-8-10-24(11-9-23)21(25)15-22-16-2-7-19-20(14-16)28-13-12-27-19/h2-7,14,22H,8-13,15H2,1H3. The van der Waals surface area contributed by atoms with E-state index in [0.717, 1.165) is 41.7 Å². The number of anilines is 2. The van der Waals surface area contributed by atoms with Crippen LogP contribution in [-0.2, 0) is 4.79 Å². The van der Waals surface area contributed by atoms with Crippen LogP contribution in [0.1, 0.15) is 0 Å². The van der Waals surface area contributed by atoms with Crippen LogP contribution in [0.2, 0.25) is 0 Å². The molecule has 1 amide bonds. The molecular weight excluding hydrogens is 358 g/mol. The number of piperazine rings is 1. The highest BCUT2D eigenvalue weighted by atomic mass is 16.6. The zero-order valence-corrected chi connectivity index (χ0v) is 16.0. The van der Waals surface area contributed by atoms with Crippen LogP contribution < -0.4 is 24.4 Å². The highest BCUT2D eigenvalue weighted by Crippen LogP contribution is 2.32. The van der Waals surface area contributed by atoms with Gasteiger partial charge in [0.05, 0.1) is 13.7 Å². The first-order valence-corrected chi connectivity index (χ1v) is 9.53. The number of methoxy groups -OCH3 is 1. The molecule has 28 heavy (non-hydrogen) atoms. The van der Waals surface area contributed by atoms with Gasteiger partial charge in [-0.25, -0.2) is 0 Å². The second-order valence-corrected chi connectivity index (χ2v) is 6.78. The molecule has 0 aliphatic carbocycles. The molecule has 0 bridgehead atoms. The van der Waals surface area contributed by atoms with E-state index in [1.165, 1.54) is 0 Å². The first kappa shape index (κ1) is 18.3. The fraction of sp³-hybridized carbons (Fsp3) is 0.381. The molecular formula is C21H25N3O4. The molecule has 1 saturated heterocycles. The van der Waals surface area contributed by atoms with Crippen molar-refractivity contribution >= 4 is 17.3 Å². The van der Waals surface area contributed by atoms with E-state index < -0.39 is 0 Å². The molecule has 1 N–H and O–H groups in total. The molecule has 2 aromatic carbocycles. The molecule has 0 spiro atoms. The second kappa shape index (κ2) is 8.29. The molecule has 4 rings (SSSR count). The molecule has 2 aromatic rings. The number of benzene rings is 2. The van der Waals surface area contributed by atoms with Gasteiger partial charge in [0.2, 0.25) is 5.91 Å². The Morgan fingerprint density at radius 3 is 2.43 bits per heavy atom. The van der Waals surface area contributed by atoms with Crippen molar-refractivity contribution in [1.29, 1.82) is 0 Å². The Labute approximate surface area is 164 Å². The van der Waals surface area contributed by atoms with Gasteiger partial charge in [-0.3, -0.25) is 4.79 Å². The van der Waals surface area contributed by atoms with E-state index in [4.69, 9.17) is 14.2 Å². The Morgan fingerprint density at radius 2 is 1.71 bits per heavy atom. The SMILES string of the molecule is COc1ccc(N2CCN(C(=O)CNc3ccc4c(c3)OCCO4)CC2)cc1. The summed E-state index contributed by atoms with van der Waals surface area (Å²) in [7, 11) is 1.67. The largest absolute Gasteiger partial charge is 0.497 e. The average Bonchev–Trinajstić information content (AvgIpc) is 2.77. The Hall–Kier alpha value is -3.09. The molecule has 0 aromatic heterocycles. The van der Waals surface area contributed by atoms with E-state index in [2.05, 4.69) is 22.3 Å². The van der Waals surface area contributed by atoms with E-state index in [1.54, 1.807) is 7.11 Å². The molecule has 7 heteroatoms. The minimum absolute atomic E-state index is 0.101. The molecule has 7 nitrogen and oxygen atoms in total. The second-order valence-electron chi connectivity index (χ2n) is 6.78. The highest BCUT2D eigenvalue weighted by Gasteiger charge is 2.21. The van der Waals surface area contributed by atoms with Gasteiger partial charge in [-0.15, -0.1) is 0 Å². The van der Waals surface area contributed by atoms with Gasteiger partial charge >= 0.3 is 0 Å². The Morgan fingerprint density at radius 1 is 1.00 bits per heavy atom. The molecule has 1 fully saturated rings. The smallest absolute Gasteiger partial charge is 0.241 e. The van der Waals surface area contributed by atoms with E-state index in [-0.39, 0.29) is 12.5 Å². The maximum absolute atomic E-state index is 12.6. The van der Waals surface area contributed by atoms with Gasteiger partial charge in [-0.2, -0.15) is 0 Å². The summed E-state index contributed by atoms with van der Waals surface area (Å²) in [5, 5.41) is 3.19. The van der Waals surface area contributed by atoms with Gasteiger partial charge in [0.15, 0.2) is 11.5 Å². The van der Waals surface area contributed by atoms with Gasteiger partial charge in [0.1, 0.15) is 19.0 Å². The third-order valence-corrected chi connectivity index (χ3v) is 5.06. The van der Waals surface area contributed by atoms with Crippen LogP contribution in [0.25, 0.3) is 0 Å². The lowest BCUT2D eigenvalue weighted by atomic mass is 10.2. The van der Waals surface area contributed by atoms with Crippen LogP contribution in [0.4, 0.5) is 11.4 Å². The monoisotopic (exact) mass is 383 g/mol. The van der Waals surface area contributed by atoms with Gasteiger partial charge in [0.25, 0.3) is 0 Å². The van der Waals surface area contributed by atoms with Gasteiger partial charge in [-0.05, 0) is 36.4 Å². The molecule has 2 aliphatic heterocycles. The number of fused-ring (bicyclic) bond motifs is 1. The Balaban J connectivity index is 1.27. The third kappa shape index (κ3) is 4.08. The minimum Gasteiger partial charge on any atom is -0.497 e. The van der Waals surface area contributed by atoms with Crippen molar-refractivity contribution in [2.45, 2.75) is 0 Å². The Kier molecular flexibility index (Phi) is 5.41. The molecule has 0 radical (unpaired) electrons. The summed E-state index contributed by atoms with van der Waals surface area (Å²) in [6, 6.07) is 13.7. The van der Waals surface area contributed by atoms with Crippen molar-refractivity contribution in [2.75, 3.05) is 63.3 Å². The van der Waals surface area contributed by atoms with Gasteiger partial charge in [-0.1, -0.05) is 0 Å². The Bertz CT molecular complexity index is 817. The fourth-order valence-electron chi connectivity index (χ4n) is 3.45. The number of rotatable bonds is 5. The number of hydrogen-bond donors (Lipinski definition) is 1. The van der Waals surface area contributed by atoms with Gasteiger partial charge in [0, 0.05) is 43.6 Å². The van der Waals surface area contributed by atoms with Crippen molar-refractivity contribution in [3.63, 3.8) is 0 Å². The zero-order valence-electron chi connectivity index (χ0n) is 16.0. The fourth-order valence-corrected chi connectivity index (χ4v) is 3.45. The van der Waals surface area contributed by atoms with Crippen LogP contribution >= 0.6 is 0 Å². The van der Waals surface area contributed by atoms with Crippen molar-refractivity contribution < 1.29 is 19.0 Å². The predicted molar refractivity (Wildman–Crippen MR) is 108 cm³/mol. The first-order valence-electron chi connectivity index (χ1n) is 9.53. The minimum atomic E-state index is 0.101. The van der Waals surface area contributed by atoms with Crippen molar-refractivity contribution in [3.05, 3.63) is 42.5 Å². The van der Waals surface area contributed by atoms with Crippen LogP contribution in [0.3, 0.4) is 0 Å². The number of nitrogens with one attached hydrogen (secondary N) is 1. The van der Waals surface area contributed by atoms with Crippen LogP contribution in [0.5, 0.6) is 17.2 Å². The normalized spacial score (nSPS) is 15.9. The van der Waals surface area contributed by atoms with Crippen molar-refractivity contribution in [1.82, 2.24) is 4.90 Å². The number of carbonyl (C=O) groups excluding carboxylic acids is 1. The van der Waals surface area contributed by atoms with Crippen molar-refractivity contribution in [2.24, 2.45) is 0 Å². The summed E-state index contributed by atoms with van der Waals surface area (Å²) >= 11 is 0. The number of carbonyl (C=O) groups is 1. The topological polar surface area (TPSA) is 63.3 Å². The molecule has 0 atom stereocenters. The van der Waals surface area contributed by atoms with E-state index in [1.807, 2.05) is 35.2 Å². The summed E-state index contributed by atoms with van der Waals surface area (Å²) in [4.78, 5) is 16.8. The lowest BCUT2D eigenvalue weighted by Gasteiger charge is -2.36. The molecule has 2 aliphatic rings. The third-order valence-electron chi connectivity index (χ3n) is 5.06. The quantitative estimate of drug-likeness (QED) is 0.854. The summed E-state index contributed by atoms with van der Waals surface area (Å²) < 4.78 is 16.3. The average molecular weight is 383 g/mol. The number of ether oxygens (including phenoxy) is 3. The molecule has 0 unspecified atom stereocenters. The number of hydrogen-bond acceptors (Lipinski definition) is 6. The maximum Gasteiger partial charge on any atom is 0.241 e. The maximum atomic E-state index is 12.6. The van der Waals surface area contributed by atoms with Crippen molar-refractivity contribution in [3.8, 4) is 17.2 Å². The zero-order chi connectivity index (χ0) is 19.3. The first-order chi connectivity index (χ1) is 13.7. The highest BCUT2D eigenvalue weighted by molar-refractivity contribution is 5.81. The van der Waals surface area contributed by atoms with E-state index in [0.29, 0.717) is 26.3 Å². The van der Waals surface area contributed by atoms with Crippen LogP contribution in [0, 0.1) is 0 Å². The van der Waals surface area contributed by atoms with E-state index >= 15 is 0 Å². The van der Waals surface area contributed by atoms with Crippen LogP contribution in [0.15, 0.2) is 42.5 Å². The lowest BCUT2D eigenvalue weighted by Crippen LogP contribution is -2.50. The van der Waals surface area contributed by atoms with Crippen LogP contribution in [-0.4, -0.2) is 63.9 Å². The summed E-state index contributed by atoms with van der Waals surface area (Å²) in [5.41, 5.74) is 2.01. The lowest BCUT2D eigenvalue weighted by molar-refractivity contribution is -0.129. The number of amides is 1. The molecule has 2 heterocycles. The summed E-state index contributed by atoms with van der Waals surface area (Å²) in [6.45, 7) is 4.46. The number of nitrogens with zero attached hydrogens (tertiary/aromatic N) is 2. The van der Waals surface area contributed by atoms with Gasteiger partial charge < -0.3 is 29.3 Å². The summed E-state index contributed by atoms with van der Waals surface area (Å²) in [6.07, 6.45) is 0. The molecule has 148 valence electrons. The van der Waals surface area contributed by atoms with E-state index in [9.17, 15) is 4.79 Å².